The standard InChI is InChI=1S/C14H13N3O3/c1-16-6-5-11(15-16)13(18)17-7-4-9-8-10(14(19)20)2-3-12(9)17/h2-3,5-6,8H,4,7H2,1H3,(H,19,20). The Kier molecular flexibility index (Phi) is 2.78. The van der Waals surface area contributed by atoms with Crippen molar-refractivity contribution in [2.45, 2.75) is 6.42 Å². The molecule has 2 heterocycles. The van der Waals surface area contributed by atoms with Gasteiger partial charge < -0.3 is 10.0 Å². The van der Waals surface area contributed by atoms with E-state index in [0.29, 0.717) is 18.7 Å². The minimum absolute atomic E-state index is 0.160. The number of amides is 1. The van der Waals surface area contributed by atoms with Gasteiger partial charge in [-0.25, -0.2) is 4.79 Å². The molecule has 0 saturated heterocycles. The van der Waals surface area contributed by atoms with Crippen molar-refractivity contribution in [2.24, 2.45) is 7.05 Å². The largest absolute Gasteiger partial charge is 0.478 e. The molecular formula is C14H13N3O3. The van der Waals surface area contributed by atoms with Gasteiger partial charge in [-0.3, -0.25) is 9.48 Å². The molecule has 102 valence electrons. The van der Waals surface area contributed by atoms with Crippen molar-refractivity contribution in [3.05, 3.63) is 47.3 Å². The third kappa shape index (κ3) is 1.95. The summed E-state index contributed by atoms with van der Waals surface area (Å²) in [6.45, 7) is 0.549. The lowest BCUT2D eigenvalue weighted by Crippen LogP contribution is -2.29. The van der Waals surface area contributed by atoms with Crippen LogP contribution in [-0.4, -0.2) is 33.3 Å². The molecule has 6 heteroatoms. The molecule has 0 aliphatic carbocycles. The molecule has 1 aromatic carbocycles. The average molecular weight is 271 g/mol. The first-order valence-electron chi connectivity index (χ1n) is 6.24. The molecule has 0 fully saturated rings. The van der Waals surface area contributed by atoms with Crippen LogP contribution in [0.4, 0.5) is 5.69 Å². The Morgan fingerprint density at radius 2 is 2.10 bits per heavy atom. The molecule has 6 nitrogen and oxygen atoms in total. The quantitative estimate of drug-likeness (QED) is 0.893. The fraction of sp³-hybridized carbons (Fsp3) is 0.214. The van der Waals surface area contributed by atoms with E-state index in [-0.39, 0.29) is 11.5 Å². The average Bonchev–Trinajstić information content (AvgIpc) is 3.03. The number of rotatable bonds is 2. The fourth-order valence-electron chi connectivity index (χ4n) is 2.41. The predicted octanol–water partition coefficient (Wildman–Crippen LogP) is 1.32. The molecule has 0 bridgehead atoms. The zero-order valence-electron chi connectivity index (χ0n) is 10.9. The van der Waals surface area contributed by atoms with Gasteiger partial charge in [-0.05, 0) is 36.2 Å². The number of aryl methyl sites for hydroxylation is 1. The number of fused-ring (bicyclic) bond motifs is 1. The lowest BCUT2D eigenvalue weighted by Gasteiger charge is -2.15. The van der Waals surface area contributed by atoms with Gasteiger partial charge in [-0.2, -0.15) is 5.10 Å². The maximum absolute atomic E-state index is 12.4. The molecule has 1 amide bonds. The van der Waals surface area contributed by atoms with Gasteiger partial charge in [-0.15, -0.1) is 0 Å². The normalized spacial score (nSPS) is 13.3. The van der Waals surface area contributed by atoms with E-state index in [1.807, 2.05) is 0 Å². The fourth-order valence-corrected chi connectivity index (χ4v) is 2.41. The summed E-state index contributed by atoms with van der Waals surface area (Å²) in [5, 5.41) is 13.1. The summed E-state index contributed by atoms with van der Waals surface area (Å²) >= 11 is 0. The Labute approximate surface area is 115 Å². The van der Waals surface area contributed by atoms with Crippen LogP contribution in [0.25, 0.3) is 0 Å². The number of carbonyl (C=O) groups excluding carboxylic acids is 1. The van der Waals surface area contributed by atoms with Gasteiger partial charge in [0.15, 0.2) is 5.69 Å². The summed E-state index contributed by atoms with van der Waals surface area (Å²) < 4.78 is 1.58. The first-order valence-corrected chi connectivity index (χ1v) is 6.24. The second kappa shape index (κ2) is 4.48. The van der Waals surface area contributed by atoms with Crippen LogP contribution in [0.5, 0.6) is 0 Å². The number of aromatic carboxylic acids is 1. The van der Waals surface area contributed by atoms with E-state index in [9.17, 15) is 9.59 Å². The molecule has 2 aromatic rings. The monoisotopic (exact) mass is 271 g/mol. The highest BCUT2D eigenvalue weighted by Crippen LogP contribution is 2.29. The lowest BCUT2D eigenvalue weighted by atomic mass is 10.1. The van der Waals surface area contributed by atoms with E-state index >= 15 is 0 Å². The lowest BCUT2D eigenvalue weighted by molar-refractivity contribution is 0.0696. The van der Waals surface area contributed by atoms with Crippen LogP contribution in [0.3, 0.4) is 0 Å². The van der Waals surface area contributed by atoms with Crippen LogP contribution in [0, 0.1) is 0 Å². The van der Waals surface area contributed by atoms with E-state index in [1.54, 1.807) is 41.0 Å². The maximum atomic E-state index is 12.4. The van der Waals surface area contributed by atoms with Crippen molar-refractivity contribution in [1.82, 2.24) is 9.78 Å². The van der Waals surface area contributed by atoms with Gasteiger partial charge in [0.05, 0.1) is 5.56 Å². The minimum atomic E-state index is -0.956. The Morgan fingerprint density at radius 1 is 1.30 bits per heavy atom. The van der Waals surface area contributed by atoms with Crippen molar-refractivity contribution < 1.29 is 14.7 Å². The zero-order chi connectivity index (χ0) is 14.3. The summed E-state index contributed by atoms with van der Waals surface area (Å²) in [5.74, 6) is -1.12. The Bertz CT molecular complexity index is 705. The van der Waals surface area contributed by atoms with Crippen molar-refractivity contribution in [2.75, 3.05) is 11.4 Å². The van der Waals surface area contributed by atoms with Crippen molar-refractivity contribution in [1.29, 1.82) is 0 Å². The third-order valence-electron chi connectivity index (χ3n) is 3.40. The zero-order valence-corrected chi connectivity index (χ0v) is 10.9. The van der Waals surface area contributed by atoms with Gasteiger partial charge in [0.2, 0.25) is 0 Å². The van der Waals surface area contributed by atoms with Gasteiger partial charge in [0.1, 0.15) is 0 Å². The first-order chi connectivity index (χ1) is 9.56. The van der Waals surface area contributed by atoms with E-state index in [0.717, 1.165) is 11.3 Å². The number of aromatic nitrogens is 2. The highest BCUT2D eigenvalue weighted by atomic mass is 16.4. The predicted molar refractivity (Wildman–Crippen MR) is 72.0 cm³/mol. The number of nitrogens with zero attached hydrogens (tertiary/aromatic N) is 3. The van der Waals surface area contributed by atoms with Gasteiger partial charge in [-0.1, -0.05) is 0 Å². The molecule has 1 aliphatic heterocycles. The number of carboxylic acid groups (broad SMARTS) is 1. The number of anilines is 1. The second-order valence-corrected chi connectivity index (χ2v) is 4.73. The van der Waals surface area contributed by atoms with Crippen molar-refractivity contribution in [3.8, 4) is 0 Å². The topological polar surface area (TPSA) is 75.4 Å². The molecule has 1 aromatic heterocycles. The maximum Gasteiger partial charge on any atom is 0.335 e. The highest BCUT2D eigenvalue weighted by Gasteiger charge is 2.27. The number of carboxylic acids is 1. The van der Waals surface area contributed by atoms with Gasteiger partial charge in [0, 0.05) is 25.5 Å². The number of hydrogen-bond acceptors (Lipinski definition) is 3. The van der Waals surface area contributed by atoms with E-state index in [4.69, 9.17) is 5.11 Å². The summed E-state index contributed by atoms with van der Waals surface area (Å²) in [6.07, 6.45) is 2.38. The summed E-state index contributed by atoms with van der Waals surface area (Å²) in [4.78, 5) is 25.0. The van der Waals surface area contributed by atoms with Gasteiger partial charge >= 0.3 is 5.97 Å². The van der Waals surface area contributed by atoms with Crippen LogP contribution in [0.1, 0.15) is 26.4 Å². The van der Waals surface area contributed by atoms with E-state index in [2.05, 4.69) is 5.10 Å². The third-order valence-corrected chi connectivity index (χ3v) is 3.40. The van der Waals surface area contributed by atoms with E-state index < -0.39 is 5.97 Å². The molecule has 0 saturated carbocycles. The van der Waals surface area contributed by atoms with Crippen LogP contribution < -0.4 is 4.90 Å². The SMILES string of the molecule is Cn1ccc(C(=O)N2CCc3cc(C(=O)O)ccc32)n1. The van der Waals surface area contributed by atoms with Gasteiger partial charge in [0.25, 0.3) is 5.91 Å². The molecule has 20 heavy (non-hydrogen) atoms. The summed E-state index contributed by atoms with van der Waals surface area (Å²) in [7, 11) is 1.76. The van der Waals surface area contributed by atoms with Crippen molar-refractivity contribution >= 4 is 17.6 Å². The van der Waals surface area contributed by atoms with Crippen LogP contribution in [0.15, 0.2) is 30.5 Å². The number of hydrogen-bond donors (Lipinski definition) is 1. The molecule has 1 aliphatic rings. The minimum Gasteiger partial charge on any atom is -0.478 e. The molecule has 0 spiro atoms. The number of benzene rings is 1. The second-order valence-electron chi connectivity index (χ2n) is 4.73. The molecule has 0 atom stereocenters. The Hall–Kier alpha value is -2.63. The van der Waals surface area contributed by atoms with Crippen LogP contribution in [0.2, 0.25) is 0 Å². The Morgan fingerprint density at radius 3 is 2.75 bits per heavy atom. The first kappa shape index (κ1) is 12.4. The smallest absolute Gasteiger partial charge is 0.335 e. The van der Waals surface area contributed by atoms with Crippen LogP contribution in [-0.2, 0) is 13.5 Å². The number of carbonyl (C=O) groups is 2. The Balaban J connectivity index is 1.93. The molecule has 0 unspecified atom stereocenters. The van der Waals surface area contributed by atoms with Crippen molar-refractivity contribution in [3.63, 3.8) is 0 Å². The molecule has 3 rings (SSSR count). The highest BCUT2D eigenvalue weighted by molar-refractivity contribution is 6.06. The molecule has 1 N–H and O–H groups in total. The summed E-state index contributed by atoms with van der Waals surface area (Å²) in [6, 6.07) is 6.51. The summed E-state index contributed by atoms with van der Waals surface area (Å²) in [5.41, 5.74) is 2.29. The molecular weight excluding hydrogens is 258 g/mol. The van der Waals surface area contributed by atoms with Crippen LogP contribution >= 0.6 is 0 Å². The molecule has 0 radical (unpaired) electrons. The van der Waals surface area contributed by atoms with E-state index in [1.165, 1.54) is 6.07 Å².